The second-order valence-corrected chi connectivity index (χ2v) is 6.21. The Morgan fingerprint density at radius 3 is 2.43 bits per heavy atom. The molecule has 6 heteroatoms. The fraction of sp³-hybridized carbons (Fsp3) is 0.267. The lowest BCUT2D eigenvalue weighted by molar-refractivity contribution is 0.596. The van der Waals surface area contributed by atoms with E-state index in [1.807, 2.05) is 18.2 Å². The molecule has 0 bridgehead atoms. The normalized spacial score (nSPS) is 15.4. The third kappa shape index (κ3) is 3.14. The predicted molar refractivity (Wildman–Crippen MR) is 87.8 cm³/mol. The van der Waals surface area contributed by atoms with Crippen LogP contribution in [0.15, 0.2) is 41.0 Å². The number of aromatic nitrogens is 1. The molecule has 1 aromatic carbocycles. The maximum atomic E-state index is 13.8. The quantitative estimate of drug-likeness (QED) is 0.797. The summed E-state index contributed by atoms with van der Waals surface area (Å²) in [5.41, 5.74) is 0.659. The molecule has 0 unspecified atom stereocenters. The van der Waals surface area contributed by atoms with Crippen molar-refractivity contribution in [1.29, 1.82) is 0 Å². The zero-order valence-electron chi connectivity index (χ0n) is 11.3. The van der Waals surface area contributed by atoms with Gasteiger partial charge in [0.15, 0.2) is 0 Å². The highest BCUT2D eigenvalue weighted by molar-refractivity contribution is 9.10. The van der Waals surface area contributed by atoms with Crippen LogP contribution in [0.5, 0.6) is 0 Å². The first kappa shape index (κ1) is 14.6. The molecule has 1 fully saturated rings. The summed E-state index contributed by atoms with van der Waals surface area (Å²) in [4.78, 5) is 8.56. The minimum absolute atomic E-state index is 0.175. The monoisotopic (exact) mass is 369 g/mol. The summed E-state index contributed by atoms with van der Waals surface area (Å²) in [7, 11) is 0. The molecule has 3 rings (SSSR count). The summed E-state index contributed by atoms with van der Waals surface area (Å²) in [5, 5.41) is 0.628. The van der Waals surface area contributed by atoms with Crippen molar-refractivity contribution in [2.24, 2.45) is 0 Å². The summed E-state index contributed by atoms with van der Waals surface area (Å²) in [6.07, 6.45) is 1.74. The summed E-state index contributed by atoms with van der Waals surface area (Å²) in [5.74, 6) is 0.610. The average molecular weight is 371 g/mol. The zero-order valence-corrected chi connectivity index (χ0v) is 13.6. The van der Waals surface area contributed by atoms with Gasteiger partial charge in [-0.05, 0) is 34.1 Å². The topological polar surface area (TPSA) is 19.4 Å². The van der Waals surface area contributed by atoms with Crippen LogP contribution in [0, 0.1) is 5.82 Å². The number of hydrogen-bond acceptors (Lipinski definition) is 3. The van der Waals surface area contributed by atoms with E-state index in [1.54, 1.807) is 12.3 Å². The number of para-hydroxylation sites is 1. The average Bonchev–Trinajstić information content (AvgIpc) is 2.48. The lowest BCUT2D eigenvalue weighted by Gasteiger charge is -2.37. The van der Waals surface area contributed by atoms with Gasteiger partial charge in [0.25, 0.3) is 0 Å². The number of hydrogen-bond donors (Lipinski definition) is 0. The maximum absolute atomic E-state index is 13.8. The van der Waals surface area contributed by atoms with Gasteiger partial charge in [-0.2, -0.15) is 0 Å². The number of pyridine rings is 1. The molecule has 1 saturated heterocycles. The first-order valence-corrected chi connectivity index (χ1v) is 7.88. The van der Waals surface area contributed by atoms with Gasteiger partial charge in [0, 0.05) is 36.8 Å². The standard InChI is InChI=1S/C15H14BrClFN3/c16-11-9-12(17)15(19-10-11)21-7-5-20(6-8-21)14-4-2-1-3-13(14)18/h1-4,9-10H,5-8H2. The number of rotatable bonds is 2. The van der Waals surface area contributed by atoms with Crippen molar-refractivity contribution < 1.29 is 4.39 Å². The fourth-order valence-electron chi connectivity index (χ4n) is 2.51. The van der Waals surface area contributed by atoms with E-state index in [0.717, 1.165) is 36.5 Å². The van der Waals surface area contributed by atoms with Gasteiger partial charge in [-0.3, -0.25) is 0 Å². The second kappa shape index (κ2) is 6.20. The molecule has 21 heavy (non-hydrogen) atoms. The first-order chi connectivity index (χ1) is 10.1. The minimum atomic E-state index is -0.175. The molecular formula is C15H14BrClFN3. The summed E-state index contributed by atoms with van der Waals surface area (Å²) < 4.78 is 14.7. The van der Waals surface area contributed by atoms with E-state index in [9.17, 15) is 4.39 Å². The maximum Gasteiger partial charge on any atom is 0.147 e. The highest BCUT2D eigenvalue weighted by Crippen LogP contribution is 2.28. The molecule has 2 heterocycles. The molecule has 2 aromatic rings. The third-order valence-corrected chi connectivity index (χ3v) is 4.27. The summed E-state index contributed by atoms with van der Waals surface area (Å²) in [6.45, 7) is 3.02. The van der Waals surface area contributed by atoms with Gasteiger partial charge in [-0.1, -0.05) is 23.7 Å². The highest BCUT2D eigenvalue weighted by atomic mass is 79.9. The Kier molecular flexibility index (Phi) is 4.31. The molecule has 0 radical (unpaired) electrons. The van der Waals surface area contributed by atoms with Crippen molar-refractivity contribution in [3.8, 4) is 0 Å². The van der Waals surface area contributed by atoms with E-state index >= 15 is 0 Å². The van der Waals surface area contributed by atoms with E-state index in [4.69, 9.17) is 11.6 Å². The fourth-order valence-corrected chi connectivity index (χ4v) is 3.26. The van der Waals surface area contributed by atoms with Crippen molar-refractivity contribution in [3.05, 3.63) is 51.8 Å². The third-order valence-electron chi connectivity index (χ3n) is 3.56. The molecule has 0 aliphatic carbocycles. The van der Waals surface area contributed by atoms with E-state index < -0.39 is 0 Å². The first-order valence-electron chi connectivity index (χ1n) is 6.70. The van der Waals surface area contributed by atoms with Crippen LogP contribution < -0.4 is 9.80 Å². The Morgan fingerprint density at radius 1 is 1.10 bits per heavy atom. The zero-order chi connectivity index (χ0) is 14.8. The van der Waals surface area contributed by atoms with E-state index in [0.29, 0.717) is 10.7 Å². The van der Waals surface area contributed by atoms with Crippen LogP contribution in [0.25, 0.3) is 0 Å². The number of anilines is 2. The molecule has 1 aromatic heterocycles. The molecule has 0 atom stereocenters. The predicted octanol–water partition coefficient (Wildman–Crippen LogP) is 3.96. The number of nitrogens with zero attached hydrogens (tertiary/aromatic N) is 3. The number of piperazine rings is 1. The molecule has 0 amide bonds. The van der Waals surface area contributed by atoms with Crippen LogP contribution in [-0.2, 0) is 0 Å². The second-order valence-electron chi connectivity index (χ2n) is 4.88. The Hall–Kier alpha value is -1.33. The van der Waals surface area contributed by atoms with Gasteiger partial charge in [-0.25, -0.2) is 9.37 Å². The van der Waals surface area contributed by atoms with Crippen LogP contribution in [0.3, 0.4) is 0 Å². The van der Waals surface area contributed by atoms with E-state index in [1.165, 1.54) is 6.07 Å². The highest BCUT2D eigenvalue weighted by Gasteiger charge is 2.21. The van der Waals surface area contributed by atoms with Crippen molar-refractivity contribution in [3.63, 3.8) is 0 Å². The van der Waals surface area contributed by atoms with Crippen molar-refractivity contribution in [2.45, 2.75) is 0 Å². The van der Waals surface area contributed by atoms with Gasteiger partial charge in [0.1, 0.15) is 11.6 Å². The van der Waals surface area contributed by atoms with Crippen LogP contribution in [0.4, 0.5) is 15.9 Å². The van der Waals surface area contributed by atoms with Gasteiger partial charge < -0.3 is 9.80 Å². The molecule has 0 saturated carbocycles. The minimum Gasteiger partial charge on any atom is -0.366 e. The van der Waals surface area contributed by atoms with Crippen molar-refractivity contribution >= 4 is 39.0 Å². The molecule has 0 spiro atoms. The molecule has 1 aliphatic rings. The van der Waals surface area contributed by atoms with E-state index in [-0.39, 0.29) is 5.82 Å². The summed E-state index contributed by atoms with van der Waals surface area (Å²) >= 11 is 9.59. The molecule has 3 nitrogen and oxygen atoms in total. The van der Waals surface area contributed by atoms with E-state index in [2.05, 4.69) is 30.7 Å². The van der Waals surface area contributed by atoms with Crippen molar-refractivity contribution in [1.82, 2.24) is 4.98 Å². The Bertz CT molecular complexity index is 645. The molecule has 0 N–H and O–H groups in total. The Morgan fingerprint density at radius 2 is 1.76 bits per heavy atom. The van der Waals surface area contributed by atoms with Crippen LogP contribution >= 0.6 is 27.5 Å². The molecular weight excluding hydrogens is 357 g/mol. The van der Waals surface area contributed by atoms with Crippen molar-refractivity contribution in [2.75, 3.05) is 36.0 Å². The van der Waals surface area contributed by atoms with Gasteiger partial charge in [0.05, 0.1) is 10.7 Å². The SMILES string of the molecule is Fc1ccccc1N1CCN(c2ncc(Br)cc2Cl)CC1. The Labute approximate surface area is 136 Å². The lowest BCUT2D eigenvalue weighted by atomic mass is 10.2. The summed E-state index contributed by atoms with van der Waals surface area (Å²) in [6, 6.07) is 8.72. The van der Waals surface area contributed by atoms with Gasteiger partial charge >= 0.3 is 0 Å². The van der Waals surface area contributed by atoms with Crippen LogP contribution in [0.1, 0.15) is 0 Å². The van der Waals surface area contributed by atoms with Crippen LogP contribution in [0.2, 0.25) is 5.02 Å². The largest absolute Gasteiger partial charge is 0.366 e. The lowest BCUT2D eigenvalue weighted by Crippen LogP contribution is -2.47. The molecule has 110 valence electrons. The molecule has 1 aliphatic heterocycles. The van der Waals surface area contributed by atoms with Gasteiger partial charge in [-0.15, -0.1) is 0 Å². The van der Waals surface area contributed by atoms with Crippen LogP contribution in [-0.4, -0.2) is 31.2 Å². The Balaban J connectivity index is 1.72. The van der Waals surface area contributed by atoms with Gasteiger partial charge in [0.2, 0.25) is 0 Å². The number of halogens is 3. The smallest absolute Gasteiger partial charge is 0.147 e. The number of benzene rings is 1.